The highest BCUT2D eigenvalue weighted by atomic mass is 31.2. The van der Waals surface area contributed by atoms with Crippen LogP contribution in [0.15, 0.2) is 42.5 Å². The second-order valence-corrected chi connectivity index (χ2v) is 9.83. The van der Waals surface area contributed by atoms with Crippen LogP contribution < -0.4 is 10.1 Å². The molecule has 34 heavy (non-hydrogen) atoms. The van der Waals surface area contributed by atoms with Gasteiger partial charge in [-0.1, -0.05) is 25.0 Å². The van der Waals surface area contributed by atoms with E-state index in [2.05, 4.69) is 5.32 Å². The lowest BCUT2D eigenvalue weighted by molar-refractivity contribution is -0.131. The fourth-order valence-electron chi connectivity index (χ4n) is 3.78. The number of ether oxygens (including phenoxy) is 1. The molecule has 1 saturated heterocycles. The Labute approximate surface area is 198 Å². The smallest absolute Gasteiger partial charge is 0.396 e. The molecule has 1 fully saturated rings. The molecule has 1 aliphatic heterocycles. The molecule has 0 spiro atoms. The van der Waals surface area contributed by atoms with E-state index < -0.39 is 13.1 Å². The van der Waals surface area contributed by atoms with E-state index in [1.54, 1.807) is 0 Å². The lowest BCUT2D eigenvalue weighted by atomic mass is 10.0. The van der Waals surface area contributed by atoms with E-state index in [4.69, 9.17) is 14.5 Å². The van der Waals surface area contributed by atoms with Gasteiger partial charge in [0, 0.05) is 31.6 Å². The molecule has 10 heteroatoms. The Bertz CT molecular complexity index is 1040. The molecule has 3 rings (SSSR count). The van der Waals surface area contributed by atoms with E-state index in [0.717, 1.165) is 56.6 Å². The molecule has 0 atom stereocenters. The molecule has 0 aliphatic carbocycles. The van der Waals surface area contributed by atoms with Gasteiger partial charge in [0.25, 0.3) is 5.52 Å². The first-order chi connectivity index (χ1) is 16.2. The molecule has 0 saturated carbocycles. The average molecular weight is 490 g/mol. The molecular formula is C24H31N2O7P. The number of nitrogens with one attached hydrogen (secondary N) is 1. The van der Waals surface area contributed by atoms with E-state index in [0.29, 0.717) is 25.1 Å². The van der Waals surface area contributed by atoms with Crippen LogP contribution in [0.2, 0.25) is 0 Å². The third-order valence-corrected chi connectivity index (χ3v) is 6.47. The van der Waals surface area contributed by atoms with Crippen molar-refractivity contribution in [3.8, 4) is 11.5 Å². The van der Waals surface area contributed by atoms with Gasteiger partial charge in [0.1, 0.15) is 11.5 Å². The summed E-state index contributed by atoms with van der Waals surface area (Å²) in [4.78, 5) is 43.6. The number of phenolic OH excluding ortho intramolecular Hbond substituents is 1. The Hall–Kier alpha value is -2.71. The van der Waals surface area contributed by atoms with Gasteiger partial charge >= 0.3 is 7.60 Å². The maximum Gasteiger partial charge on any atom is 0.396 e. The first-order valence-corrected chi connectivity index (χ1v) is 13.0. The summed E-state index contributed by atoms with van der Waals surface area (Å²) in [5, 5.41) is 13.1. The largest absolute Gasteiger partial charge is 0.508 e. The minimum Gasteiger partial charge on any atom is -0.508 e. The van der Waals surface area contributed by atoms with Gasteiger partial charge in [-0.2, -0.15) is 0 Å². The van der Waals surface area contributed by atoms with Crippen molar-refractivity contribution >= 4 is 19.0 Å². The van der Waals surface area contributed by atoms with Crippen LogP contribution in [0.3, 0.4) is 0 Å². The van der Waals surface area contributed by atoms with Gasteiger partial charge in [-0.25, -0.2) is 0 Å². The highest BCUT2D eigenvalue weighted by Gasteiger charge is 2.27. The zero-order valence-electron chi connectivity index (χ0n) is 19.0. The Morgan fingerprint density at radius 3 is 2.50 bits per heavy atom. The van der Waals surface area contributed by atoms with Crippen molar-refractivity contribution in [2.24, 2.45) is 0 Å². The molecule has 184 valence electrons. The zero-order chi connectivity index (χ0) is 24.6. The fraction of sp³-hybridized carbons (Fsp3) is 0.417. The summed E-state index contributed by atoms with van der Waals surface area (Å²) >= 11 is 0. The van der Waals surface area contributed by atoms with E-state index in [1.165, 1.54) is 18.2 Å². The van der Waals surface area contributed by atoms with Crippen molar-refractivity contribution in [3.63, 3.8) is 0 Å². The molecule has 0 bridgehead atoms. The Balaban J connectivity index is 1.40. The van der Waals surface area contributed by atoms with Crippen molar-refractivity contribution in [2.75, 3.05) is 32.8 Å². The van der Waals surface area contributed by atoms with Crippen LogP contribution in [0.4, 0.5) is 0 Å². The number of nitrogens with zero attached hydrogens (tertiary/aromatic N) is 1. The first-order valence-electron chi connectivity index (χ1n) is 11.4. The average Bonchev–Trinajstić information content (AvgIpc) is 2.81. The maximum absolute atomic E-state index is 11.8. The molecule has 0 aromatic heterocycles. The molecule has 1 heterocycles. The molecule has 1 aliphatic rings. The quantitative estimate of drug-likeness (QED) is 0.263. The van der Waals surface area contributed by atoms with Crippen LogP contribution in [0.5, 0.6) is 11.5 Å². The number of benzene rings is 2. The van der Waals surface area contributed by atoms with Crippen LogP contribution in [0.1, 0.15) is 47.2 Å². The number of phenols is 1. The summed E-state index contributed by atoms with van der Waals surface area (Å²) in [6.45, 7) is 3.50. The van der Waals surface area contributed by atoms with Crippen molar-refractivity contribution in [1.82, 2.24) is 10.2 Å². The minimum atomic E-state index is -4.89. The van der Waals surface area contributed by atoms with E-state index in [1.807, 2.05) is 29.2 Å². The maximum atomic E-state index is 11.8. The van der Waals surface area contributed by atoms with Gasteiger partial charge in [-0.15, -0.1) is 0 Å². The second kappa shape index (κ2) is 12.1. The standard InChI is InChI=1S/C24H31N2O7P/c27-22-10-7-19(24(29)34(30,31)32)16-20(22)15-18-5-8-21(9-6-18)33-14-4-2-1-3-12-26-13-11-25-17-23(26)28/h5-10,16,25,27H,1-4,11-15,17H2,(H2,30,31,32). The SMILES string of the molecule is O=C1CNCCN1CCCCCCOc1ccc(Cc2cc(C(=O)P(=O)(O)O)ccc2O)cc1. The van der Waals surface area contributed by atoms with E-state index in [9.17, 15) is 19.3 Å². The van der Waals surface area contributed by atoms with Crippen LogP contribution in [0.25, 0.3) is 0 Å². The molecule has 9 nitrogen and oxygen atoms in total. The third kappa shape index (κ3) is 7.67. The van der Waals surface area contributed by atoms with Crippen LogP contribution >= 0.6 is 7.60 Å². The Morgan fingerprint density at radius 1 is 1.06 bits per heavy atom. The normalized spacial score (nSPS) is 14.3. The molecule has 4 N–H and O–H groups in total. The fourth-order valence-corrected chi connectivity index (χ4v) is 4.26. The topological polar surface area (TPSA) is 136 Å². The molecule has 0 radical (unpaired) electrons. The van der Waals surface area contributed by atoms with Crippen molar-refractivity contribution in [3.05, 3.63) is 59.2 Å². The summed E-state index contributed by atoms with van der Waals surface area (Å²) in [7, 11) is -4.89. The lowest BCUT2D eigenvalue weighted by Gasteiger charge is -2.27. The summed E-state index contributed by atoms with van der Waals surface area (Å²) in [5.41, 5.74) is -0.156. The number of aromatic hydroxyl groups is 1. The highest BCUT2D eigenvalue weighted by Crippen LogP contribution is 2.39. The molecular weight excluding hydrogens is 459 g/mol. The Kier molecular flexibility index (Phi) is 9.24. The minimum absolute atomic E-state index is 0.0519. The predicted molar refractivity (Wildman–Crippen MR) is 127 cm³/mol. The first kappa shape index (κ1) is 25.9. The monoisotopic (exact) mass is 490 g/mol. The number of carbonyl (C=O) groups excluding carboxylic acids is 2. The molecule has 1 amide bonds. The summed E-state index contributed by atoms with van der Waals surface area (Å²) in [6, 6.07) is 11.1. The number of piperazine rings is 1. The summed E-state index contributed by atoms with van der Waals surface area (Å²) < 4.78 is 17.0. The van der Waals surface area contributed by atoms with Crippen LogP contribution in [-0.4, -0.2) is 64.0 Å². The highest BCUT2D eigenvalue weighted by molar-refractivity contribution is 7.70. The Morgan fingerprint density at radius 2 is 1.79 bits per heavy atom. The van der Waals surface area contributed by atoms with Gasteiger partial charge in [0.05, 0.1) is 13.2 Å². The number of rotatable bonds is 12. The number of hydrogen-bond acceptors (Lipinski definition) is 6. The van der Waals surface area contributed by atoms with Crippen molar-refractivity contribution in [2.45, 2.75) is 32.1 Å². The molecule has 2 aromatic rings. The van der Waals surface area contributed by atoms with Gasteiger partial charge in [0.15, 0.2) is 0 Å². The number of unbranched alkanes of at least 4 members (excludes halogenated alkanes) is 3. The van der Waals surface area contributed by atoms with E-state index in [-0.39, 0.29) is 17.2 Å². The predicted octanol–water partition coefficient (Wildman–Crippen LogP) is 2.67. The zero-order valence-corrected chi connectivity index (χ0v) is 19.9. The van der Waals surface area contributed by atoms with Gasteiger partial charge < -0.3 is 29.8 Å². The van der Waals surface area contributed by atoms with Gasteiger partial charge in [-0.05, 0) is 54.3 Å². The van der Waals surface area contributed by atoms with Gasteiger partial charge in [-0.3, -0.25) is 14.2 Å². The lowest BCUT2D eigenvalue weighted by Crippen LogP contribution is -2.48. The van der Waals surface area contributed by atoms with Crippen LogP contribution in [0, 0.1) is 0 Å². The number of amides is 1. The third-order valence-electron chi connectivity index (χ3n) is 5.69. The number of carbonyl (C=O) groups is 2. The van der Waals surface area contributed by atoms with Crippen molar-refractivity contribution in [1.29, 1.82) is 0 Å². The molecule has 2 aromatic carbocycles. The van der Waals surface area contributed by atoms with Crippen molar-refractivity contribution < 1.29 is 33.8 Å². The summed E-state index contributed by atoms with van der Waals surface area (Å²) in [5.74, 6) is 0.851. The number of hydrogen-bond donors (Lipinski definition) is 4. The summed E-state index contributed by atoms with van der Waals surface area (Å²) in [6.07, 6.45) is 4.29. The van der Waals surface area contributed by atoms with E-state index >= 15 is 0 Å². The van der Waals surface area contributed by atoms with Gasteiger partial charge in [0.2, 0.25) is 5.91 Å². The second-order valence-electron chi connectivity index (χ2n) is 8.33. The molecule has 0 unspecified atom stereocenters. The van der Waals surface area contributed by atoms with Crippen LogP contribution in [-0.2, 0) is 15.8 Å².